The average molecular weight is 391 g/mol. The second-order valence-corrected chi connectivity index (χ2v) is 7.44. The number of anilines is 1. The number of nitrogens with zero attached hydrogens (tertiary/aromatic N) is 1. The van der Waals surface area contributed by atoms with Gasteiger partial charge >= 0.3 is 5.69 Å². The van der Waals surface area contributed by atoms with Crippen LogP contribution < -0.4 is 20.9 Å². The number of nitrogens with one attached hydrogen (secondary N) is 2. The van der Waals surface area contributed by atoms with Crippen LogP contribution in [0.25, 0.3) is 0 Å². The van der Waals surface area contributed by atoms with Crippen LogP contribution >= 0.6 is 0 Å². The van der Waals surface area contributed by atoms with E-state index in [1.165, 1.54) is 5.56 Å². The molecule has 6 nitrogen and oxygen atoms in total. The number of aromatic nitrogens is 2. The SMILES string of the molecule is COc1cccc(Cc2c(N3CCC(c4ccccc4)CC3)[nH]c(=O)[nH]c2=O)c1. The van der Waals surface area contributed by atoms with Gasteiger partial charge in [0.15, 0.2) is 0 Å². The van der Waals surface area contributed by atoms with Gasteiger partial charge in [-0.05, 0) is 42.0 Å². The molecule has 0 aliphatic carbocycles. The molecule has 0 amide bonds. The minimum atomic E-state index is -0.468. The van der Waals surface area contributed by atoms with Gasteiger partial charge in [-0.1, -0.05) is 42.5 Å². The van der Waals surface area contributed by atoms with E-state index < -0.39 is 5.69 Å². The Hall–Kier alpha value is -3.28. The summed E-state index contributed by atoms with van der Waals surface area (Å²) in [6.45, 7) is 1.59. The molecular formula is C23H25N3O3. The minimum Gasteiger partial charge on any atom is -0.497 e. The quantitative estimate of drug-likeness (QED) is 0.701. The molecule has 0 bridgehead atoms. The van der Waals surface area contributed by atoms with E-state index in [1.54, 1.807) is 7.11 Å². The van der Waals surface area contributed by atoms with E-state index in [2.05, 4.69) is 39.1 Å². The first-order chi connectivity index (χ1) is 14.1. The van der Waals surface area contributed by atoms with Gasteiger partial charge in [0.2, 0.25) is 0 Å². The van der Waals surface area contributed by atoms with Crippen LogP contribution in [0.5, 0.6) is 5.75 Å². The predicted molar refractivity (Wildman–Crippen MR) is 114 cm³/mol. The number of benzene rings is 2. The Bertz CT molecular complexity index is 1080. The third-order valence-corrected chi connectivity index (χ3v) is 5.62. The van der Waals surface area contributed by atoms with Gasteiger partial charge in [0, 0.05) is 19.5 Å². The third-order valence-electron chi connectivity index (χ3n) is 5.62. The minimum absolute atomic E-state index is 0.336. The number of H-pyrrole nitrogens is 2. The van der Waals surface area contributed by atoms with Crippen molar-refractivity contribution in [2.45, 2.75) is 25.2 Å². The van der Waals surface area contributed by atoms with Gasteiger partial charge in [-0.2, -0.15) is 0 Å². The summed E-state index contributed by atoms with van der Waals surface area (Å²) in [5, 5.41) is 0. The van der Waals surface area contributed by atoms with E-state index in [9.17, 15) is 9.59 Å². The predicted octanol–water partition coefficient (Wildman–Crippen LogP) is 3.05. The molecule has 29 heavy (non-hydrogen) atoms. The van der Waals surface area contributed by atoms with Crippen molar-refractivity contribution < 1.29 is 4.74 Å². The highest BCUT2D eigenvalue weighted by Gasteiger charge is 2.24. The summed E-state index contributed by atoms with van der Waals surface area (Å²) in [6.07, 6.45) is 2.39. The molecule has 0 radical (unpaired) electrons. The van der Waals surface area contributed by atoms with Crippen molar-refractivity contribution in [3.63, 3.8) is 0 Å². The first-order valence-electron chi connectivity index (χ1n) is 9.92. The number of piperidine rings is 1. The van der Waals surface area contributed by atoms with Gasteiger partial charge in [0.1, 0.15) is 11.6 Å². The summed E-state index contributed by atoms with van der Waals surface area (Å²) in [5.41, 5.74) is 2.09. The molecule has 4 rings (SSSR count). The van der Waals surface area contributed by atoms with Crippen molar-refractivity contribution in [2.75, 3.05) is 25.1 Å². The molecule has 1 aliphatic heterocycles. The lowest BCUT2D eigenvalue weighted by Crippen LogP contribution is -2.38. The maximum absolute atomic E-state index is 12.6. The first-order valence-corrected chi connectivity index (χ1v) is 9.92. The molecule has 1 aromatic heterocycles. The lowest BCUT2D eigenvalue weighted by Gasteiger charge is -2.34. The fourth-order valence-corrected chi connectivity index (χ4v) is 4.08. The zero-order valence-electron chi connectivity index (χ0n) is 16.5. The van der Waals surface area contributed by atoms with Gasteiger partial charge in [-0.25, -0.2) is 4.79 Å². The van der Waals surface area contributed by atoms with E-state index in [0.717, 1.165) is 37.2 Å². The Labute approximate surface area is 169 Å². The maximum atomic E-state index is 12.6. The zero-order chi connectivity index (χ0) is 20.2. The fraction of sp³-hybridized carbons (Fsp3) is 0.304. The summed E-state index contributed by atoms with van der Waals surface area (Å²) < 4.78 is 5.29. The molecule has 2 heterocycles. The molecule has 1 saturated heterocycles. The highest BCUT2D eigenvalue weighted by Crippen LogP contribution is 2.30. The first kappa shape index (κ1) is 19.1. The van der Waals surface area contributed by atoms with Crippen molar-refractivity contribution in [3.8, 4) is 5.75 Å². The standard InChI is InChI=1S/C23H25N3O3/c1-29-19-9-5-6-16(14-19)15-20-21(24-23(28)25-22(20)27)26-12-10-18(11-13-26)17-7-3-2-4-8-17/h2-9,14,18H,10-13,15H2,1H3,(H2,24,25,27,28). The number of methoxy groups -OCH3 is 1. The van der Waals surface area contributed by atoms with E-state index >= 15 is 0 Å². The Morgan fingerprint density at radius 3 is 2.48 bits per heavy atom. The van der Waals surface area contributed by atoms with E-state index in [1.807, 2.05) is 30.3 Å². The highest BCUT2D eigenvalue weighted by atomic mass is 16.5. The smallest absolute Gasteiger partial charge is 0.327 e. The molecule has 150 valence electrons. The average Bonchev–Trinajstić information content (AvgIpc) is 2.76. The zero-order valence-corrected chi connectivity index (χ0v) is 16.5. The number of hydrogen-bond donors (Lipinski definition) is 2. The molecule has 1 fully saturated rings. The number of ether oxygens (including phenoxy) is 1. The van der Waals surface area contributed by atoms with Crippen LogP contribution in [0, 0.1) is 0 Å². The van der Waals surface area contributed by atoms with E-state index in [-0.39, 0.29) is 5.56 Å². The van der Waals surface area contributed by atoms with E-state index in [4.69, 9.17) is 4.74 Å². The van der Waals surface area contributed by atoms with Crippen molar-refractivity contribution in [2.24, 2.45) is 0 Å². The van der Waals surface area contributed by atoms with Crippen molar-refractivity contribution in [3.05, 3.63) is 92.1 Å². The van der Waals surface area contributed by atoms with Crippen molar-refractivity contribution >= 4 is 5.82 Å². The lowest BCUT2D eigenvalue weighted by atomic mass is 9.89. The maximum Gasteiger partial charge on any atom is 0.327 e. The van der Waals surface area contributed by atoms with Crippen LogP contribution in [0.1, 0.15) is 35.4 Å². The fourth-order valence-electron chi connectivity index (χ4n) is 4.08. The molecular weight excluding hydrogens is 366 g/mol. The number of aromatic amines is 2. The normalized spacial score (nSPS) is 14.7. The van der Waals surface area contributed by atoms with Crippen LogP contribution in [0.4, 0.5) is 5.82 Å². The number of hydrogen-bond acceptors (Lipinski definition) is 4. The molecule has 0 saturated carbocycles. The summed E-state index contributed by atoms with van der Waals surface area (Å²) in [7, 11) is 1.62. The summed E-state index contributed by atoms with van der Waals surface area (Å²) in [4.78, 5) is 32.0. The van der Waals surface area contributed by atoms with Crippen molar-refractivity contribution in [1.29, 1.82) is 0 Å². The topological polar surface area (TPSA) is 78.2 Å². The Morgan fingerprint density at radius 2 is 1.76 bits per heavy atom. The van der Waals surface area contributed by atoms with E-state index in [0.29, 0.717) is 23.7 Å². The Morgan fingerprint density at radius 1 is 1.00 bits per heavy atom. The van der Waals surface area contributed by atoms with Crippen LogP contribution in [0.3, 0.4) is 0 Å². The molecule has 0 unspecified atom stereocenters. The van der Waals surface area contributed by atoms with Gasteiger partial charge in [0.25, 0.3) is 5.56 Å². The van der Waals surface area contributed by atoms with Gasteiger partial charge in [-0.3, -0.25) is 14.8 Å². The van der Waals surface area contributed by atoms with Crippen molar-refractivity contribution in [1.82, 2.24) is 9.97 Å². The largest absolute Gasteiger partial charge is 0.497 e. The molecule has 0 spiro atoms. The van der Waals surface area contributed by atoms with Crippen LogP contribution in [-0.2, 0) is 6.42 Å². The number of rotatable bonds is 5. The van der Waals surface area contributed by atoms with Gasteiger partial charge < -0.3 is 9.64 Å². The Kier molecular flexibility index (Phi) is 5.51. The second-order valence-electron chi connectivity index (χ2n) is 7.44. The molecule has 0 atom stereocenters. The molecule has 2 N–H and O–H groups in total. The molecule has 3 aromatic rings. The second kappa shape index (κ2) is 8.39. The van der Waals surface area contributed by atoms with Crippen LogP contribution in [0.2, 0.25) is 0 Å². The molecule has 2 aromatic carbocycles. The monoisotopic (exact) mass is 391 g/mol. The molecule has 6 heteroatoms. The lowest BCUT2D eigenvalue weighted by molar-refractivity contribution is 0.414. The van der Waals surface area contributed by atoms with Gasteiger partial charge in [0.05, 0.1) is 12.7 Å². The van der Waals surface area contributed by atoms with Crippen LogP contribution in [-0.4, -0.2) is 30.2 Å². The summed E-state index contributed by atoms with van der Waals surface area (Å²) >= 11 is 0. The third kappa shape index (κ3) is 4.26. The summed E-state index contributed by atoms with van der Waals surface area (Å²) in [5.74, 6) is 1.88. The van der Waals surface area contributed by atoms with Gasteiger partial charge in [-0.15, -0.1) is 0 Å². The highest BCUT2D eigenvalue weighted by molar-refractivity contribution is 5.49. The van der Waals surface area contributed by atoms with Crippen LogP contribution in [0.15, 0.2) is 64.2 Å². The Balaban J connectivity index is 1.59. The molecule has 1 aliphatic rings. The summed E-state index contributed by atoms with van der Waals surface area (Å²) in [6, 6.07) is 18.2.